The van der Waals surface area contributed by atoms with Gasteiger partial charge in [-0.1, -0.05) is 43.7 Å². The van der Waals surface area contributed by atoms with Gasteiger partial charge >= 0.3 is 0 Å². The SMILES string of the molecule is COc1ccc(NC(=O)C(C(=O)NN=Cc2cc(Br)c(OCc3ccc(C)cc3)c(OC)c2)C(C)C)cc1. The molecule has 0 spiro atoms. The van der Waals surface area contributed by atoms with Crippen molar-refractivity contribution in [3.8, 4) is 17.2 Å². The number of anilines is 1. The van der Waals surface area contributed by atoms with Gasteiger partial charge in [0.15, 0.2) is 11.5 Å². The van der Waals surface area contributed by atoms with Crippen LogP contribution in [0.5, 0.6) is 17.2 Å². The van der Waals surface area contributed by atoms with Gasteiger partial charge in [-0.2, -0.15) is 5.10 Å². The zero-order valence-electron chi connectivity index (χ0n) is 22.1. The van der Waals surface area contributed by atoms with Crippen LogP contribution in [-0.2, 0) is 16.2 Å². The van der Waals surface area contributed by atoms with Crippen molar-refractivity contribution in [3.63, 3.8) is 0 Å². The van der Waals surface area contributed by atoms with Crippen LogP contribution in [0, 0.1) is 18.8 Å². The highest BCUT2D eigenvalue weighted by Crippen LogP contribution is 2.37. The van der Waals surface area contributed by atoms with E-state index in [9.17, 15) is 9.59 Å². The standard InChI is InChI=1S/C29H32BrN3O5/c1-18(2)26(28(34)32-22-10-12-23(36-4)13-11-22)29(35)33-31-16-21-14-24(30)27(25(15-21)37-5)38-17-20-8-6-19(3)7-9-20/h6-16,18,26H,17H2,1-5H3,(H,32,34)(H,33,35). The number of ether oxygens (including phenoxy) is 3. The van der Waals surface area contributed by atoms with Crippen molar-refractivity contribution in [1.29, 1.82) is 0 Å². The average molecular weight is 582 g/mol. The molecule has 0 fully saturated rings. The predicted molar refractivity (Wildman–Crippen MR) is 152 cm³/mol. The van der Waals surface area contributed by atoms with Crippen molar-refractivity contribution >= 4 is 39.6 Å². The van der Waals surface area contributed by atoms with Crippen LogP contribution in [-0.4, -0.2) is 32.2 Å². The lowest BCUT2D eigenvalue weighted by Crippen LogP contribution is -2.39. The summed E-state index contributed by atoms with van der Waals surface area (Å²) in [5.41, 5.74) is 5.94. The molecule has 9 heteroatoms. The fourth-order valence-corrected chi connectivity index (χ4v) is 4.23. The normalized spacial score (nSPS) is 11.8. The Morgan fingerprint density at radius 1 is 0.974 bits per heavy atom. The minimum atomic E-state index is -0.937. The number of hydrazone groups is 1. The summed E-state index contributed by atoms with van der Waals surface area (Å²) in [4.78, 5) is 25.7. The molecule has 0 aliphatic heterocycles. The molecule has 3 aromatic carbocycles. The zero-order valence-corrected chi connectivity index (χ0v) is 23.7. The van der Waals surface area contributed by atoms with Gasteiger partial charge in [0, 0.05) is 5.69 Å². The first-order chi connectivity index (χ1) is 18.2. The summed E-state index contributed by atoms with van der Waals surface area (Å²) in [5.74, 6) is -0.369. The zero-order chi connectivity index (χ0) is 27.7. The second-order valence-corrected chi connectivity index (χ2v) is 9.84. The van der Waals surface area contributed by atoms with Gasteiger partial charge < -0.3 is 19.5 Å². The molecule has 0 bridgehead atoms. The Labute approximate surface area is 231 Å². The number of amides is 2. The molecule has 0 aromatic heterocycles. The lowest BCUT2D eigenvalue weighted by Gasteiger charge is -2.18. The topological polar surface area (TPSA) is 98.2 Å². The Kier molecular flexibility index (Phi) is 10.3. The summed E-state index contributed by atoms with van der Waals surface area (Å²) in [6, 6.07) is 18.5. The Morgan fingerprint density at radius 2 is 1.66 bits per heavy atom. The summed E-state index contributed by atoms with van der Waals surface area (Å²) in [6.07, 6.45) is 1.48. The van der Waals surface area contributed by atoms with E-state index in [0.717, 1.165) is 5.56 Å². The lowest BCUT2D eigenvalue weighted by molar-refractivity contribution is -0.134. The highest BCUT2D eigenvalue weighted by molar-refractivity contribution is 9.10. The molecule has 0 radical (unpaired) electrons. The molecule has 0 heterocycles. The molecular weight excluding hydrogens is 550 g/mol. The number of hydrogen-bond donors (Lipinski definition) is 2. The third-order valence-corrected chi connectivity index (χ3v) is 6.32. The molecule has 0 saturated heterocycles. The molecule has 1 atom stereocenters. The molecule has 3 rings (SSSR count). The van der Waals surface area contributed by atoms with Gasteiger partial charge in [0.1, 0.15) is 18.3 Å². The van der Waals surface area contributed by atoms with Gasteiger partial charge in [0.2, 0.25) is 5.91 Å². The number of methoxy groups -OCH3 is 2. The van der Waals surface area contributed by atoms with E-state index in [1.165, 1.54) is 11.8 Å². The number of carbonyl (C=O) groups is 2. The van der Waals surface area contributed by atoms with Gasteiger partial charge in [-0.25, -0.2) is 5.43 Å². The first kappa shape index (κ1) is 28.7. The first-order valence-corrected chi connectivity index (χ1v) is 12.8. The van der Waals surface area contributed by atoms with Gasteiger partial charge in [-0.3, -0.25) is 9.59 Å². The molecule has 2 N–H and O–H groups in total. The number of nitrogens with zero attached hydrogens (tertiary/aromatic N) is 1. The Morgan fingerprint density at radius 3 is 2.26 bits per heavy atom. The van der Waals surface area contributed by atoms with Crippen LogP contribution < -0.4 is 25.0 Å². The molecule has 0 saturated carbocycles. The van der Waals surface area contributed by atoms with Gasteiger partial charge in [-0.15, -0.1) is 0 Å². The number of nitrogens with one attached hydrogen (secondary N) is 2. The maximum absolute atomic E-state index is 12.8. The van der Waals surface area contributed by atoms with Crippen LogP contribution in [0.1, 0.15) is 30.5 Å². The van der Waals surface area contributed by atoms with Gasteiger partial charge in [0.25, 0.3) is 5.91 Å². The maximum atomic E-state index is 12.8. The Hall–Kier alpha value is -3.85. The highest BCUT2D eigenvalue weighted by atomic mass is 79.9. The van der Waals surface area contributed by atoms with Crippen LogP contribution in [0.3, 0.4) is 0 Å². The highest BCUT2D eigenvalue weighted by Gasteiger charge is 2.30. The van der Waals surface area contributed by atoms with Crippen molar-refractivity contribution in [1.82, 2.24) is 5.43 Å². The molecule has 1 unspecified atom stereocenters. The second kappa shape index (κ2) is 13.6. The summed E-state index contributed by atoms with van der Waals surface area (Å²) in [7, 11) is 3.12. The molecule has 200 valence electrons. The smallest absolute Gasteiger partial charge is 0.252 e. The summed E-state index contributed by atoms with van der Waals surface area (Å²) >= 11 is 3.53. The summed E-state index contributed by atoms with van der Waals surface area (Å²) in [6.45, 7) is 6.03. The number of hydrogen-bond acceptors (Lipinski definition) is 6. The third-order valence-electron chi connectivity index (χ3n) is 5.73. The van der Waals surface area contributed by atoms with Crippen LogP contribution in [0.15, 0.2) is 70.2 Å². The van der Waals surface area contributed by atoms with E-state index in [4.69, 9.17) is 14.2 Å². The monoisotopic (exact) mass is 581 g/mol. The van der Waals surface area contributed by atoms with E-state index >= 15 is 0 Å². The van der Waals surface area contributed by atoms with Crippen molar-refractivity contribution in [2.24, 2.45) is 16.9 Å². The van der Waals surface area contributed by atoms with Crippen molar-refractivity contribution in [2.45, 2.75) is 27.4 Å². The van der Waals surface area contributed by atoms with E-state index in [1.807, 2.05) is 31.2 Å². The largest absolute Gasteiger partial charge is 0.497 e. The number of aryl methyl sites for hydroxylation is 1. The number of carbonyl (C=O) groups excluding carboxylic acids is 2. The Balaban J connectivity index is 1.65. The van der Waals surface area contributed by atoms with Gasteiger partial charge in [0.05, 0.1) is 24.9 Å². The van der Waals surface area contributed by atoms with Crippen LogP contribution in [0.2, 0.25) is 0 Å². The van der Waals surface area contributed by atoms with Gasteiger partial charge in [-0.05, 0) is 76.3 Å². The van der Waals surface area contributed by atoms with Crippen molar-refractivity contribution < 1.29 is 23.8 Å². The Bertz CT molecular complexity index is 1270. The molecule has 0 aliphatic carbocycles. The average Bonchev–Trinajstić information content (AvgIpc) is 2.89. The number of rotatable bonds is 11. The molecule has 2 amide bonds. The predicted octanol–water partition coefficient (Wildman–Crippen LogP) is 5.71. The first-order valence-electron chi connectivity index (χ1n) is 12.1. The van der Waals surface area contributed by atoms with E-state index in [2.05, 4.69) is 31.8 Å². The minimum absolute atomic E-state index is 0.248. The quantitative estimate of drug-likeness (QED) is 0.171. The van der Waals surface area contributed by atoms with E-state index in [1.54, 1.807) is 64.5 Å². The molecular formula is C29H32BrN3O5. The van der Waals surface area contributed by atoms with Crippen LogP contribution in [0.4, 0.5) is 5.69 Å². The van der Waals surface area contributed by atoms with E-state index in [0.29, 0.717) is 39.6 Å². The van der Waals surface area contributed by atoms with E-state index < -0.39 is 17.7 Å². The maximum Gasteiger partial charge on any atom is 0.252 e. The van der Waals surface area contributed by atoms with Crippen molar-refractivity contribution in [3.05, 3.63) is 81.8 Å². The van der Waals surface area contributed by atoms with E-state index in [-0.39, 0.29) is 5.92 Å². The number of benzene rings is 3. The third kappa shape index (κ3) is 7.82. The number of halogens is 1. The lowest BCUT2D eigenvalue weighted by atomic mass is 9.94. The summed E-state index contributed by atoms with van der Waals surface area (Å²) < 4.78 is 17.3. The summed E-state index contributed by atoms with van der Waals surface area (Å²) in [5, 5.41) is 6.84. The molecule has 8 nitrogen and oxygen atoms in total. The molecule has 0 aliphatic rings. The van der Waals surface area contributed by atoms with Crippen LogP contribution >= 0.6 is 15.9 Å². The fraction of sp³-hybridized carbons (Fsp3) is 0.276. The fourth-order valence-electron chi connectivity index (χ4n) is 3.65. The van der Waals surface area contributed by atoms with Crippen molar-refractivity contribution in [2.75, 3.05) is 19.5 Å². The molecule has 3 aromatic rings. The van der Waals surface area contributed by atoms with Crippen LogP contribution in [0.25, 0.3) is 0 Å². The minimum Gasteiger partial charge on any atom is -0.497 e. The second-order valence-electron chi connectivity index (χ2n) is 8.98. The molecule has 38 heavy (non-hydrogen) atoms.